The molecule has 0 spiro atoms. The normalized spacial score (nSPS) is 22.6. The molecule has 2 atom stereocenters. The first-order valence-electron chi connectivity index (χ1n) is 7.01. The Morgan fingerprint density at radius 3 is 2.50 bits per heavy atom. The standard InChI is InChI=1S/C16H21NO3/c1-10-4-6-13(8-11(10)2)15(18)17-9-14(16(19)20)7-5-12(17)3/h4,6,8,12,14H,5,7,9H2,1-3H3,(H,19,20). The third-order valence-corrected chi connectivity index (χ3v) is 4.25. The Morgan fingerprint density at radius 1 is 1.20 bits per heavy atom. The molecule has 0 saturated carbocycles. The van der Waals surface area contributed by atoms with Crippen molar-refractivity contribution in [2.24, 2.45) is 5.92 Å². The zero-order chi connectivity index (χ0) is 14.9. The zero-order valence-electron chi connectivity index (χ0n) is 12.2. The highest BCUT2D eigenvalue weighted by Gasteiger charge is 2.32. The number of aliphatic carboxylic acids is 1. The van der Waals surface area contributed by atoms with Crippen LogP contribution in [0.3, 0.4) is 0 Å². The van der Waals surface area contributed by atoms with E-state index >= 15 is 0 Å². The molecule has 1 aromatic rings. The van der Waals surface area contributed by atoms with Crippen LogP contribution in [-0.2, 0) is 4.79 Å². The van der Waals surface area contributed by atoms with Gasteiger partial charge in [0.05, 0.1) is 5.92 Å². The lowest BCUT2D eigenvalue weighted by atomic mass is 9.92. The molecular formula is C16H21NO3. The maximum atomic E-state index is 12.6. The second-order valence-corrected chi connectivity index (χ2v) is 5.72. The number of hydrogen-bond acceptors (Lipinski definition) is 2. The van der Waals surface area contributed by atoms with Gasteiger partial charge in [-0.3, -0.25) is 9.59 Å². The van der Waals surface area contributed by atoms with Crippen LogP contribution in [0.1, 0.15) is 41.3 Å². The summed E-state index contributed by atoms with van der Waals surface area (Å²) < 4.78 is 0. The average molecular weight is 275 g/mol. The fourth-order valence-electron chi connectivity index (χ4n) is 2.63. The van der Waals surface area contributed by atoms with Crippen molar-refractivity contribution in [2.45, 2.75) is 39.7 Å². The fourth-order valence-corrected chi connectivity index (χ4v) is 2.63. The molecule has 108 valence electrons. The molecule has 2 unspecified atom stereocenters. The van der Waals surface area contributed by atoms with E-state index in [1.165, 1.54) is 0 Å². The van der Waals surface area contributed by atoms with Gasteiger partial charge in [0.2, 0.25) is 0 Å². The van der Waals surface area contributed by atoms with Crippen LogP contribution in [0.5, 0.6) is 0 Å². The summed E-state index contributed by atoms with van der Waals surface area (Å²) in [5, 5.41) is 9.14. The third-order valence-electron chi connectivity index (χ3n) is 4.25. The van der Waals surface area contributed by atoms with Crippen LogP contribution in [0.2, 0.25) is 0 Å². The minimum atomic E-state index is -0.810. The molecular weight excluding hydrogens is 254 g/mol. The van der Waals surface area contributed by atoms with E-state index < -0.39 is 11.9 Å². The molecule has 4 heteroatoms. The summed E-state index contributed by atoms with van der Waals surface area (Å²) in [4.78, 5) is 25.4. The van der Waals surface area contributed by atoms with Crippen LogP contribution in [0.25, 0.3) is 0 Å². The summed E-state index contributed by atoms with van der Waals surface area (Å²) in [5.74, 6) is -1.32. The van der Waals surface area contributed by atoms with Gasteiger partial charge in [-0.25, -0.2) is 0 Å². The number of carboxylic acids is 1. The number of rotatable bonds is 2. The van der Waals surface area contributed by atoms with Crippen molar-refractivity contribution >= 4 is 11.9 Å². The van der Waals surface area contributed by atoms with Gasteiger partial charge >= 0.3 is 5.97 Å². The van der Waals surface area contributed by atoms with E-state index in [4.69, 9.17) is 5.11 Å². The van der Waals surface area contributed by atoms with Crippen molar-refractivity contribution in [3.8, 4) is 0 Å². The molecule has 1 N–H and O–H groups in total. The van der Waals surface area contributed by atoms with Crippen molar-refractivity contribution in [1.29, 1.82) is 0 Å². The number of carboxylic acid groups (broad SMARTS) is 1. The molecule has 1 heterocycles. The smallest absolute Gasteiger partial charge is 0.308 e. The highest BCUT2D eigenvalue weighted by atomic mass is 16.4. The van der Waals surface area contributed by atoms with E-state index in [0.29, 0.717) is 18.5 Å². The van der Waals surface area contributed by atoms with E-state index in [2.05, 4.69) is 0 Å². The molecule has 1 aliphatic rings. The molecule has 0 bridgehead atoms. The number of aryl methyl sites for hydroxylation is 2. The summed E-state index contributed by atoms with van der Waals surface area (Å²) in [6.45, 7) is 6.28. The maximum Gasteiger partial charge on any atom is 0.308 e. The Kier molecular flexibility index (Phi) is 4.12. The molecule has 1 saturated heterocycles. The Labute approximate surface area is 119 Å². The van der Waals surface area contributed by atoms with Crippen molar-refractivity contribution < 1.29 is 14.7 Å². The third kappa shape index (κ3) is 2.84. The van der Waals surface area contributed by atoms with Crippen LogP contribution >= 0.6 is 0 Å². The minimum Gasteiger partial charge on any atom is -0.481 e. The zero-order valence-corrected chi connectivity index (χ0v) is 12.2. The largest absolute Gasteiger partial charge is 0.481 e. The van der Waals surface area contributed by atoms with Gasteiger partial charge in [-0.05, 0) is 56.9 Å². The quantitative estimate of drug-likeness (QED) is 0.902. The molecule has 20 heavy (non-hydrogen) atoms. The molecule has 4 nitrogen and oxygen atoms in total. The molecule has 1 aromatic carbocycles. The monoisotopic (exact) mass is 275 g/mol. The van der Waals surface area contributed by atoms with E-state index in [1.54, 1.807) is 4.90 Å². The first kappa shape index (κ1) is 14.6. The Bertz CT molecular complexity index is 539. The van der Waals surface area contributed by atoms with Crippen LogP contribution in [-0.4, -0.2) is 34.5 Å². The predicted molar refractivity (Wildman–Crippen MR) is 76.8 cm³/mol. The summed E-state index contributed by atoms with van der Waals surface area (Å²) >= 11 is 0. The Morgan fingerprint density at radius 2 is 1.90 bits per heavy atom. The number of hydrogen-bond donors (Lipinski definition) is 1. The lowest BCUT2D eigenvalue weighted by Crippen LogP contribution is -2.47. The molecule has 1 aliphatic heterocycles. The predicted octanol–water partition coefficient (Wildman–Crippen LogP) is 2.63. The molecule has 1 fully saturated rings. The van der Waals surface area contributed by atoms with Gasteiger partial charge < -0.3 is 10.0 Å². The average Bonchev–Trinajstić information content (AvgIpc) is 2.41. The molecule has 0 aromatic heterocycles. The van der Waals surface area contributed by atoms with E-state index in [0.717, 1.165) is 17.5 Å². The van der Waals surface area contributed by atoms with E-state index in [1.807, 2.05) is 39.0 Å². The lowest BCUT2D eigenvalue weighted by molar-refractivity contribution is -0.143. The topological polar surface area (TPSA) is 57.6 Å². The van der Waals surface area contributed by atoms with Gasteiger partial charge in [0.1, 0.15) is 0 Å². The molecule has 1 amide bonds. The Balaban J connectivity index is 2.21. The second kappa shape index (κ2) is 5.65. The fraction of sp³-hybridized carbons (Fsp3) is 0.500. The molecule has 0 radical (unpaired) electrons. The lowest BCUT2D eigenvalue weighted by Gasteiger charge is -2.36. The van der Waals surface area contributed by atoms with Gasteiger partial charge in [0.25, 0.3) is 5.91 Å². The van der Waals surface area contributed by atoms with Crippen LogP contribution in [0.15, 0.2) is 18.2 Å². The summed E-state index contributed by atoms with van der Waals surface area (Å²) in [6, 6.07) is 5.74. The van der Waals surface area contributed by atoms with Crippen molar-refractivity contribution in [2.75, 3.05) is 6.54 Å². The number of likely N-dealkylation sites (tertiary alicyclic amines) is 1. The summed E-state index contributed by atoms with van der Waals surface area (Å²) in [6.07, 6.45) is 1.39. The van der Waals surface area contributed by atoms with Gasteiger partial charge in [-0.1, -0.05) is 6.07 Å². The number of amides is 1. The van der Waals surface area contributed by atoms with Crippen LogP contribution in [0.4, 0.5) is 0 Å². The van der Waals surface area contributed by atoms with E-state index in [9.17, 15) is 9.59 Å². The first-order valence-corrected chi connectivity index (χ1v) is 7.01. The van der Waals surface area contributed by atoms with Crippen molar-refractivity contribution in [1.82, 2.24) is 4.90 Å². The number of nitrogens with zero attached hydrogens (tertiary/aromatic N) is 1. The van der Waals surface area contributed by atoms with Crippen molar-refractivity contribution in [3.63, 3.8) is 0 Å². The maximum absolute atomic E-state index is 12.6. The van der Waals surface area contributed by atoms with Crippen LogP contribution < -0.4 is 0 Å². The van der Waals surface area contributed by atoms with Crippen molar-refractivity contribution in [3.05, 3.63) is 34.9 Å². The van der Waals surface area contributed by atoms with Crippen LogP contribution in [0, 0.1) is 19.8 Å². The number of benzene rings is 1. The first-order chi connectivity index (χ1) is 9.40. The number of carbonyl (C=O) groups is 2. The van der Waals surface area contributed by atoms with Gasteiger partial charge in [-0.2, -0.15) is 0 Å². The highest BCUT2D eigenvalue weighted by Crippen LogP contribution is 2.24. The highest BCUT2D eigenvalue weighted by molar-refractivity contribution is 5.95. The second-order valence-electron chi connectivity index (χ2n) is 5.72. The Hall–Kier alpha value is -1.84. The molecule has 0 aliphatic carbocycles. The summed E-state index contributed by atoms with van der Waals surface area (Å²) in [7, 11) is 0. The molecule has 2 rings (SSSR count). The number of piperidine rings is 1. The van der Waals surface area contributed by atoms with Gasteiger partial charge in [0, 0.05) is 18.2 Å². The number of carbonyl (C=O) groups excluding carboxylic acids is 1. The summed E-state index contributed by atoms with van der Waals surface area (Å²) in [5.41, 5.74) is 2.87. The van der Waals surface area contributed by atoms with Gasteiger partial charge in [0.15, 0.2) is 0 Å². The van der Waals surface area contributed by atoms with E-state index in [-0.39, 0.29) is 11.9 Å². The minimum absolute atomic E-state index is 0.0634. The van der Waals surface area contributed by atoms with Gasteiger partial charge in [-0.15, -0.1) is 0 Å². The SMILES string of the molecule is Cc1ccc(C(=O)N2CC(C(=O)O)CCC2C)cc1C.